The van der Waals surface area contributed by atoms with E-state index in [0.717, 1.165) is 49.7 Å². The van der Waals surface area contributed by atoms with Gasteiger partial charge in [0, 0.05) is 19.6 Å². The van der Waals surface area contributed by atoms with Gasteiger partial charge in [-0.15, -0.1) is 0 Å². The minimum absolute atomic E-state index is 0.378. The van der Waals surface area contributed by atoms with Gasteiger partial charge in [0.2, 0.25) is 0 Å². The summed E-state index contributed by atoms with van der Waals surface area (Å²) in [5.74, 6) is 0.182. The lowest BCUT2D eigenvalue weighted by Gasteiger charge is -2.57. The molecule has 1 heterocycles. The molecule has 4 aliphatic carbocycles. The average molecular weight is 489 g/mol. The van der Waals surface area contributed by atoms with Crippen LogP contribution in [-0.2, 0) is 15.0 Å². The summed E-state index contributed by atoms with van der Waals surface area (Å²) in [7, 11) is 2.18. The van der Waals surface area contributed by atoms with Crippen molar-refractivity contribution in [2.24, 2.45) is 17.8 Å². The number of rotatable bonds is 6. The number of aliphatic carboxylic acids is 2. The van der Waals surface area contributed by atoms with Crippen LogP contribution in [0.2, 0.25) is 0 Å². The molecule has 8 heteroatoms. The van der Waals surface area contributed by atoms with Gasteiger partial charge < -0.3 is 25.0 Å². The molecule has 1 aromatic rings. The molecule has 1 saturated heterocycles. The molecule has 3 N–H and O–H groups in total. The number of carboxylic acid groups (broad SMARTS) is 2. The van der Waals surface area contributed by atoms with Gasteiger partial charge in [-0.2, -0.15) is 0 Å². The molecule has 0 amide bonds. The standard InChI is InChI=1S/C25H38N2O2.C2H2O4/c1-26-7-2-8-27(10-9-26)17-23(28)18-29-24-5-3-22(4-6-24)25-14-19-11-20(15-25)13-21(12-19)16-25;3-1(4)2(5)6/h3-6,19-21,23,28H,2,7-18H2,1H3;(H,3,4)(H,5,6). The maximum Gasteiger partial charge on any atom is 0.414 e. The van der Waals surface area contributed by atoms with Crippen LogP contribution in [0.15, 0.2) is 24.3 Å². The van der Waals surface area contributed by atoms with Crippen molar-refractivity contribution in [1.29, 1.82) is 0 Å². The van der Waals surface area contributed by atoms with Gasteiger partial charge in [0.1, 0.15) is 18.5 Å². The average Bonchev–Trinajstić information content (AvgIpc) is 3.01. The summed E-state index contributed by atoms with van der Waals surface area (Å²) >= 11 is 0. The number of β-amino-alcohol motifs (C(OH)–C–C–N with tert-alkyl or cyclic N) is 1. The van der Waals surface area contributed by atoms with Crippen LogP contribution in [0.3, 0.4) is 0 Å². The second-order valence-corrected chi connectivity index (χ2v) is 11.3. The summed E-state index contributed by atoms with van der Waals surface area (Å²) < 4.78 is 5.95. The zero-order valence-corrected chi connectivity index (χ0v) is 20.8. The fraction of sp³-hybridized carbons (Fsp3) is 0.704. The third-order valence-corrected chi connectivity index (χ3v) is 8.41. The van der Waals surface area contributed by atoms with Crippen LogP contribution < -0.4 is 4.74 Å². The molecule has 1 aliphatic heterocycles. The van der Waals surface area contributed by atoms with Crippen molar-refractivity contribution in [1.82, 2.24) is 9.80 Å². The van der Waals surface area contributed by atoms with E-state index in [-0.39, 0.29) is 0 Å². The lowest BCUT2D eigenvalue weighted by Crippen LogP contribution is -2.48. The molecule has 0 radical (unpaired) electrons. The summed E-state index contributed by atoms with van der Waals surface area (Å²) in [6.45, 7) is 5.43. The Bertz CT molecular complexity index is 826. The number of hydrogen-bond donors (Lipinski definition) is 3. The Hall–Kier alpha value is -2.16. The maximum atomic E-state index is 10.4. The minimum Gasteiger partial charge on any atom is -0.491 e. The predicted octanol–water partition coefficient (Wildman–Crippen LogP) is 2.69. The smallest absolute Gasteiger partial charge is 0.414 e. The number of benzene rings is 1. The molecule has 0 spiro atoms. The molecular formula is C27H40N2O6. The van der Waals surface area contributed by atoms with E-state index in [1.54, 1.807) is 0 Å². The lowest BCUT2D eigenvalue weighted by molar-refractivity contribution is -0.159. The zero-order chi connectivity index (χ0) is 25.0. The zero-order valence-electron chi connectivity index (χ0n) is 20.8. The van der Waals surface area contributed by atoms with Crippen molar-refractivity contribution in [2.75, 3.05) is 46.4 Å². The molecule has 4 bridgehead atoms. The molecule has 4 saturated carbocycles. The molecule has 6 rings (SSSR count). The van der Waals surface area contributed by atoms with Gasteiger partial charge >= 0.3 is 11.9 Å². The summed E-state index contributed by atoms with van der Waals surface area (Å²) in [6.07, 6.45) is 9.44. The van der Waals surface area contributed by atoms with Gasteiger partial charge in [-0.25, -0.2) is 9.59 Å². The Morgan fingerprint density at radius 3 is 2.06 bits per heavy atom. The van der Waals surface area contributed by atoms with E-state index in [9.17, 15) is 5.11 Å². The quantitative estimate of drug-likeness (QED) is 0.524. The van der Waals surface area contributed by atoms with E-state index < -0.39 is 18.0 Å². The molecule has 35 heavy (non-hydrogen) atoms. The Kier molecular flexibility index (Phi) is 8.34. The number of carboxylic acids is 2. The van der Waals surface area contributed by atoms with Crippen molar-refractivity contribution < 1.29 is 29.6 Å². The van der Waals surface area contributed by atoms with Gasteiger partial charge in [0.25, 0.3) is 0 Å². The summed E-state index contributed by atoms with van der Waals surface area (Å²) in [6, 6.07) is 8.92. The monoisotopic (exact) mass is 488 g/mol. The number of likely N-dealkylation sites (N-methyl/N-ethyl adjacent to an activating group) is 1. The fourth-order valence-corrected chi connectivity index (χ4v) is 7.19. The van der Waals surface area contributed by atoms with Crippen LogP contribution in [0, 0.1) is 17.8 Å². The second-order valence-electron chi connectivity index (χ2n) is 11.3. The first-order chi connectivity index (χ1) is 16.7. The molecule has 1 unspecified atom stereocenters. The van der Waals surface area contributed by atoms with E-state index in [1.165, 1.54) is 50.5 Å². The van der Waals surface area contributed by atoms with Crippen LogP contribution in [0.25, 0.3) is 0 Å². The molecule has 8 nitrogen and oxygen atoms in total. The van der Waals surface area contributed by atoms with Crippen molar-refractivity contribution in [2.45, 2.75) is 56.5 Å². The van der Waals surface area contributed by atoms with Crippen LogP contribution in [-0.4, -0.2) is 89.5 Å². The number of carbonyl (C=O) groups is 2. The predicted molar refractivity (Wildman–Crippen MR) is 132 cm³/mol. The maximum absolute atomic E-state index is 10.4. The third kappa shape index (κ3) is 6.74. The molecule has 1 atom stereocenters. The SMILES string of the molecule is CN1CCCN(CC(O)COc2ccc(C34CC5CC(CC(C5)C3)C4)cc2)CC1.O=C(O)C(=O)O. The van der Waals surface area contributed by atoms with E-state index >= 15 is 0 Å². The number of aliphatic hydroxyl groups excluding tert-OH is 1. The first-order valence-corrected chi connectivity index (χ1v) is 13.0. The Labute approximate surface area is 207 Å². The summed E-state index contributed by atoms with van der Waals surface area (Å²) in [4.78, 5) is 22.9. The Morgan fingerprint density at radius 2 is 1.51 bits per heavy atom. The number of aliphatic hydroxyl groups is 1. The van der Waals surface area contributed by atoms with Gasteiger partial charge in [0.05, 0.1) is 0 Å². The number of hydrogen-bond acceptors (Lipinski definition) is 6. The highest BCUT2D eigenvalue weighted by Crippen LogP contribution is 2.60. The van der Waals surface area contributed by atoms with Crippen molar-refractivity contribution >= 4 is 11.9 Å². The summed E-state index contributed by atoms with van der Waals surface area (Å²) in [5.41, 5.74) is 1.99. The van der Waals surface area contributed by atoms with Gasteiger partial charge in [-0.05, 0) is 106 Å². The van der Waals surface area contributed by atoms with Crippen LogP contribution in [0.5, 0.6) is 5.75 Å². The van der Waals surface area contributed by atoms with E-state index in [4.69, 9.17) is 24.5 Å². The molecule has 1 aromatic carbocycles. The van der Waals surface area contributed by atoms with Crippen molar-refractivity contribution in [3.63, 3.8) is 0 Å². The normalized spacial score (nSPS) is 31.2. The van der Waals surface area contributed by atoms with Crippen LogP contribution >= 0.6 is 0 Å². The topological polar surface area (TPSA) is 111 Å². The molecular weight excluding hydrogens is 448 g/mol. The van der Waals surface area contributed by atoms with Gasteiger partial charge in [-0.3, -0.25) is 4.90 Å². The largest absolute Gasteiger partial charge is 0.491 e. The third-order valence-electron chi connectivity index (χ3n) is 8.41. The highest BCUT2D eigenvalue weighted by Gasteiger charge is 2.51. The van der Waals surface area contributed by atoms with Crippen molar-refractivity contribution in [3.05, 3.63) is 29.8 Å². The number of ether oxygens (including phenoxy) is 1. The van der Waals surface area contributed by atoms with Gasteiger partial charge in [0.15, 0.2) is 0 Å². The molecule has 194 valence electrons. The van der Waals surface area contributed by atoms with Crippen LogP contribution in [0.4, 0.5) is 0 Å². The minimum atomic E-state index is -1.82. The van der Waals surface area contributed by atoms with E-state index in [1.807, 2.05) is 0 Å². The van der Waals surface area contributed by atoms with Crippen molar-refractivity contribution in [3.8, 4) is 5.75 Å². The first kappa shape index (κ1) is 25.9. The Balaban J connectivity index is 0.000000431. The van der Waals surface area contributed by atoms with Gasteiger partial charge in [-0.1, -0.05) is 12.1 Å². The second kappa shape index (κ2) is 11.3. The lowest BCUT2D eigenvalue weighted by atomic mass is 9.48. The molecule has 0 aromatic heterocycles. The Morgan fingerprint density at radius 1 is 0.943 bits per heavy atom. The summed E-state index contributed by atoms with van der Waals surface area (Å²) in [5, 5.41) is 25.2. The fourth-order valence-electron chi connectivity index (χ4n) is 7.19. The van der Waals surface area contributed by atoms with E-state index in [0.29, 0.717) is 18.6 Å². The van der Waals surface area contributed by atoms with E-state index in [2.05, 4.69) is 41.1 Å². The highest BCUT2D eigenvalue weighted by molar-refractivity contribution is 6.27. The highest BCUT2D eigenvalue weighted by atomic mass is 16.5. The van der Waals surface area contributed by atoms with Crippen LogP contribution in [0.1, 0.15) is 50.5 Å². The number of nitrogens with zero attached hydrogens (tertiary/aromatic N) is 2. The molecule has 5 fully saturated rings. The first-order valence-electron chi connectivity index (χ1n) is 13.0. The molecule has 5 aliphatic rings.